The molecule has 0 bridgehead atoms. The molecule has 0 aliphatic rings. The van der Waals surface area contributed by atoms with Gasteiger partial charge in [-0.3, -0.25) is 4.79 Å². The van der Waals surface area contributed by atoms with Crippen molar-refractivity contribution in [3.63, 3.8) is 0 Å². The first-order chi connectivity index (χ1) is 17.2. The van der Waals surface area contributed by atoms with E-state index in [1.54, 1.807) is 7.11 Å². The third-order valence-electron chi connectivity index (χ3n) is 6.48. The highest BCUT2D eigenvalue weighted by atomic mass is 16.5. The number of ether oxygens (including phenoxy) is 1. The van der Waals surface area contributed by atoms with Gasteiger partial charge in [-0.15, -0.1) is 0 Å². The molecule has 4 nitrogen and oxygen atoms in total. The van der Waals surface area contributed by atoms with Crippen molar-refractivity contribution >= 4 is 5.91 Å². The first-order valence-corrected chi connectivity index (χ1v) is 12.2. The summed E-state index contributed by atoms with van der Waals surface area (Å²) in [5, 5.41) is 0. The van der Waals surface area contributed by atoms with Crippen LogP contribution in [0.15, 0.2) is 103 Å². The van der Waals surface area contributed by atoms with Crippen molar-refractivity contribution in [2.24, 2.45) is 0 Å². The van der Waals surface area contributed by atoms with Crippen molar-refractivity contribution in [3.8, 4) is 0 Å². The number of aromatic nitrogens is 1. The number of hydrogen-bond donors (Lipinski definition) is 0. The third-order valence-corrected chi connectivity index (χ3v) is 6.48. The first-order valence-electron chi connectivity index (χ1n) is 12.2. The number of rotatable bonds is 11. The molecule has 1 aromatic heterocycles. The van der Waals surface area contributed by atoms with Gasteiger partial charge < -0.3 is 14.2 Å². The minimum absolute atomic E-state index is 0.113. The maximum atomic E-state index is 14.2. The molecule has 35 heavy (non-hydrogen) atoms. The van der Waals surface area contributed by atoms with Crippen LogP contribution in [0.5, 0.6) is 0 Å². The molecule has 0 aliphatic heterocycles. The molecule has 0 saturated heterocycles. The molecule has 0 spiro atoms. The van der Waals surface area contributed by atoms with Crippen molar-refractivity contribution in [1.82, 2.24) is 9.47 Å². The molecule has 0 aliphatic carbocycles. The Labute approximate surface area is 208 Å². The Morgan fingerprint density at radius 3 is 2.11 bits per heavy atom. The van der Waals surface area contributed by atoms with Gasteiger partial charge in [0.25, 0.3) is 0 Å². The van der Waals surface area contributed by atoms with E-state index in [9.17, 15) is 4.79 Å². The van der Waals surface area contributed by atoms with E-state index < -0.39 is 0 Å². The molecule has 0 radical (unpaired) electrons. The molecule has 4 rings (SSSR count). The lowest BCUT2D eigenvalue weighted by atomic mass is 9.90. The Hall–Kier alpha value is -3.63. The minimum Gasteiger partial charge on any atom is -0.385 e. The number of carbonyl (C=O) groups excluding carboxylic acids is 1. The minimum atomic E-state index is -0.347. The second-order valence-electron chi connectivity index (χ2n) is 8.91. The van der Waals surface area contributed by atoms with Gasteiger partial charge in [0.05, 0.1) is 12.5 Å². The summed E-state index contributed by atoms with van der Waals surface area (Å²) >= 11 is 0. The molecule has 0 fully saturated rings. The number of methoxy groups -OCH3 is 1. The normalized spacial score (nSPS) is 11.1. The quantitative estimate of drug-likeness (QED) is 0.253. The summed E-state index contributed by atoms with van der Waals surface area (Å²) < 4.78 is 7.56. The van der Waals surface area contributed by atoms with Crippen molar-refractivity contribution in [2.45, 2.75) is 32.4 Å². The summed E-state index contributed by atoms with van der Waals surface area (Å²) in [7, 11) is 1.70. The Balaban J connectivity index is 1.63. The van der Waals surface area contributed by atoms with E-state index in [1.165, 1.54) is 11.1 Å². The fraction of sp³-hybridized carbons (Fsp3) is 0.258. The monoisotopic (exact) mass is 466 g/mol. The molecule has 4 aromatic rings. The van der Waals surface area contributed by atoms with E-state index in [1.807, 2.05) is 65.6 Å². The Morgan fingerprint density at radius 1 is 0.857 bits per heavy atom. The smallest absolute Gasteiger partial charge is 0.234 e. The van der Waals surface area contributed by atoms with Crippen LogP contribution in [0.3, 0.4) is 0 Å². The molecule has 3 aromatic carbocycles. The largest absolute Gasteiger partial charge is 0.385 e. The van der Waals surface area contributed by atoms with Crippen LogP contribution in [0.25, 0.3) is 0 Å². The average molecular weight is 467 g/mol. The summed E-state index contributed by atoms with van der Waals surface area (Å²) in [6, 6.07) is 32.8. The van der Waals surface area contributed by atoms with Crippen LogP contribution in [0.2, 0.25) is 0 Å². The van der Waals surface area contributed by atoms with Gasteiger partial charge in [0.2, 0.25) is 5.91 Å². The zero-order valence-electron chi connectivity index (χ0n) is 20.6. The van der Waals surface area contributed by atoms with Crippen LogP contribution < -0.4 is 0 Å². The van der Waals surface area contributed by atoms with Gasteiger partial charge in [0, 0.05) is 38.7 Å². The van der Waals surface area contributed by atoms with E-state index in [0.29, 0.717) is 19.7 Å². The third kappa shape index (κ3) is 6.28. The van der Waals surface area contributed by atoms with E-state index >= 15 is 0 Å². The van der Waals surface area contributed by atoms with Crippen molar-refractivity contribution < 1.29 is 9.53 Å². The SMILES string of the molecule is COCCCN(Cc1cccn1Cc1ccccc1C)C(=O)C(c1ccccc1)c1ccccc1. The summed E-state index contributed by atoms with van der Waals surface area (Å²) in [5.74, 6) is -0.234. The van der Waals surface area contributed by atoms with Crippen LogP contribution in [-0.2, 0) is 22.6 Å². The zero-order chi connectivity index (χ0) is 24.5. The van der Waals surface area contributed by atoms with Crippen molar-refractivity contribution in [1.29, 1.82) is 0 Å². The van der Waals surface area contributed by atoms with Gasteiger partial charge in [-0.25, -0.2) is 0 Å². The molecular weight excluding hydrogens is 432 g/mol. The van der Waals surface area contributed by atoms with Crippen LogP contribution >= 0.6 is 0 Å². The summed E-state index contributed by atoms with van der Waals surface area (Å²) in [5.41, 5.74) is 5.70. The van der Waals surface area contributed by atoms with Gasteiger partial charge in [-0.1, -0.05) is 84.9 Å². The molecule has 4 heteroatoms. The first kappa shape index (κ1) is 24.5. The Morgan fingerprint density at radius 2 is 1.49 bits per heavy atom. The molecule has 0 saturated carbocycles. The van der Waals surface area contributed by atoms with Gasteiger partial charge >= 0.3 is 0 Å². The number of benzene rings is 3. The molecule has 1 heterocycles. The highest BCUT2D eigenvalue weighted by Crippen LogP contribution is 2.28. The maximum Gasteiger partial charge on any atom is 0.234 e. The summed E-state index contributed by atoms with van der Waals surface area (Å²) in [6.07, 6.45) is 2.89. The fourth-order valence-electron chi connectivity index (χ4n) is 4.53. The van der Waals surface area contributed by atoms with Gasteiger partial charge in [-0.05, 0) is 47.7 Å². The predicted molar refractivity (Wildman–Crippen MR) is 141 cm³/mol. The molecule has 0 unspecified atom stereocenters. The molecule has 0 N–H and O–H groups in total. The topological polar surface area (TPSA) is 34.5 Å². The van der Waals surface area contributed by atoms with Crippen LogP contribution in [-0.4, -0.2) is 35.6 Å². The lowest BCUT2D eigenvalue weighted by Gasteiger charge is -2.29. The van der Waals surface area contributed by atoms with E-state index in [2.05, 4.69) is 54.1 Å². The number of nitrogens with zero attached hydrogens (tertiary/aromatic N) is 2. The van der Waals surface area contributed by atoms with E-state index in [-0.39, 0.29) is 11.8 Å². The zero-order valence-corrected chi connectivity index (χ0v) is 20.6. The summed E-state index contributed by atoms with van der Waals surface area (Å²) in [4.78, 5) is 16.2. The van der Waals surface area contributed by atoms with Gasteiger partial charge in [0.15, 0.2) is 0 Å². The second-order valence-corrected chi connectivity index (χ2v) is 8.91. The molecule has 180 valence electrons. The fourth-order valence-corrected chi connectivity index (χ4v) is 4.53. The Bertz CT molecular complexity index is 1160. The number of hydrogen-bond acceptors (Lipinski definition) is 2. The number of carbonyl (C=O) groups is 1. The van der Waals surface area contributed by atoms with Crippen molar-refractivity contribution in [3.05, 3.63) is 131 Å². The highest BCUT2D eigenvalue weighted by Gasteiger charge is 2.28. The van der Waals surface area contributed by atoms with Gasteiger partial charge in [0.1, 0.15) is 0 Å². The predicted octanol–water partition coefficient (Wildman–Crippen LogP) is 6.04. The molecule has 0 atom stereocenters. The average Bonchev–Trinajstić information content (AvgIpc) is 3.33. The standard InChI is InChI=1S/C31H34N2O2/c1-25-13-9-10-18-28(25)23-32-20-11-19-29(32)24-33(21-12-22-35-2)31(34)30(26-14-5-3-6-15-26)27-16-7-4-8-17-27/h3-11,13-20,30H,12,21-24H2,1-2H3. The second kappa shape index (κ2) is 12.2. The van der Waals surface area contributed by atoms with Crippen LogP contribution in [0.4, 0.5) is 0 Å². The molecular formula is C31H34N2O2. The van der Waals surface area contributed by atoms with E-state index in [4.69, 9.17) is 4.74 Å². The van der Waals surface area contributed by atoms with Crippen molar-refractivity contribution in [2.75, 3.05) is 20.3 Å². The number of aryl methyl sites for hydroxylation is 1. The van der Waals surface area contributed by atoms with E-state index in [0.717, 1.165) is 29.8 Å². The van der Waals surface area contributed by atoms with Crippen LogP contribution in [0.1, 0.15) is 40.3 Å². The van der Waals surface area contributed by atoms with Crippen LogP contribution in [0, 0.1) is 6.92 Å². The lowest BCUT2D eigenvalue weighted by molar-refractivity contribution is -0.132. The molecule has 1 amide bonds. The lowest BCUT2D eigenvalue weighted by Crippen LogP contribution is -2.37. The van der Waals surface area contributed by atoms with Gasteiger partial charge in [-0.2, -0.15) is 0 Å². The highest BCUT2D eigenvalue weighted by molar-refractivity contribution is 5.87. The summed E-state index contributed by atoms with van der Waals surface area (Å²) in [6.45, 7) is 4.74. The number of amides is 1. The maximum absolute atomic E-state index is 14.2. The Kier molecular flexibility index (Phi) is 8.53.